The second kappa shape index (κ2) is 9.33. The van der Waals surface area contributed by atoms with Crippen LogP contribution in [0.3, 0.4) is 0 Å². The van der Waals surface area contributed by atoms with Gasteiger partial charge in [-0.05, 0) is 56.8 Å². The van der Waals surface area contributed by atoms with Crippen molar-refractivity contribution in [2.45, 2.75) is 38.3 Å². The summed E-state index contributed by atoms with van der Waals surface area (Å²) in [5.41, 5.74) is 1.26. The number of nitriles is 1. The third kappa shape index (κ3) is 5.11. The number of likely N-dealkylation sites (N-methyl/N-ethyl adjacent to an activating group) is 1. The molecule has 1 saturated carbocycles. The van der Waals surface area contributed by atoms with Crippen molar-refractivity contribution in [3.05, 3.63) is 29.6 Å². The Morgan fingerprint density at radius 3 is 2.76 bits per heavy atom. The van der Waals surface area contributed by atoms with Crippen LogP contribution in [0.5, 0.6) is 0 Å². The number of amides is 2. The minimum absolute atomic E-state index is 0.00579. The van der Waals surface area contributed by atoms with E-state index < -0.39 is 0 Å². The lowest BCUT2D eigenvalue weighted by molar-refractivity contribution is -0.124. The first-order valence-electron chi connectivity index (χ1n) is 10.0. The molecule has 8 heteroatoms. The molecule has 1 aliphatic carbocycles. The summed E-state index contributed by atoms with van der Waals surface area (Å²) >= 11 is 0. The van der Waals surface area contributed by atoms with Gasteiger partial charge in [-0.25, -0.2) is 4.39 Å². The van der Waals surface area contributed by atoms with Crippen LogP contribution in [0.2, 0.25) is 0 Å². The van der Waals surface area contributed by atoms with Gasteiger partial charge in [0.1, 0.15) is 12.4 Å². The monoisotopic (exact) mass is 401 g/mol. The van der Waals surface area contributed by atoms with Crippen molar-refractivity contribution in [3.63, 3.8) is 0 Å². The van der Waals surface area contributed by atoms with Crippen molar-refractivity contribution in [2.75, 3.05) is 38.1 Å². The first kappa shape index (κ1) is 21.2. The summed E-state index contributed by atoms with van der Waals surface area (Å²) in [6, 6.07) is 7.34. The Hall–Kier alpha value is -2.50. The van der Waals surface area contributed by atoms with Gasteiger partial charge in [-0.2, -0.15) is 5.26 Å². The fraction of sp³-hybridized carbons (Fsp3) is 0.571. The van der Waals surface area contributed by atoms with E-state index in [2.05, 4.69) is 10.6 Å². The van der Waals surface area contributed by atoms with Crippen LogP contribution in [-0.2, 0) is 9.59 Å². The minimum Gasteiger partial charge on any atom is -0.342 e. The number of carbonyl (C=O) groups is 2. The fourth-order valence-electron chi connectivity index (χ4n) is 4.20. The molecule has 3 aliphatic rings. The molecule has 156 valence electrons. The zero-order valence-electron chi connectivity index (χ0n) is 16.9. The molecule has 2 amide bonds. The molecule has 1 aromatic rings. The Morgan fingerprint density at radius 2 is 2.17 bits per heavy atom. The number of piperazine rings is 1. The number of nitrogens with one attached hydrogen (secondary N) is 2. The number of aryl methyl sites for hydroxylation is 1. The van der Waals surface area contributed by atoms with Gasteiger partial charge in [0.15, 0.2) is 0 Å². The van der Waals surface area contributed by atoms with Gasteiger partial charge in [0, 0.05) is 24.8 Å². The first-order chi connectivity index (χ1) is 13.9. The van der Waals surface area contributed by atoms with Crippen molar-refractivity contribution in [3.8, 4) is 6.07 Å². The Balaban J connectivity index is 0.000000169. The first-order valence-corrected chi connectivity index (χ1v) is 10.0. The number of benzene rings is 1. The molecule has 4 rings (SSSR count). The Kier molecular flexibility index (Phi) is 6.83. The van der Waals surface area contributed by atoms with Gasteiger partial charge >= 0.3 is 0 Å². The van der Waals surface area contributed by atoms with E-state index >= 15 is 0 Å². The predicted octanol–water partition coefficient (Wildman–Crippen LogP) is 1.18. The van der Waals surface area contributed by atoms with Crippen molar-refractivity contribution in [2.24, 2.45) is 5.92 Å². The minimum atomic E-state index is -0.260. The molecule has 1 aromatic carbocycles. The molecule has 2 bridgehead atoms. The number of rotatable bonds is 3. The van der Waals surface area contributed by atoms with Crippen molar-refractivity contribution >= 4 is 17.5 Å². The van der Waals surface area contributed by atoms with Gasteiger partial charge in [-0.15, -0.1) is 0 Å². The second-order valence-electron chi connectivity index (χ2n) is 8.01. The lowest BCUT2D eigenvalue weighted by Gasteiger charge is -2.32. The van der Waals surface area contributed by atoms with Crippen LogP contribution < -0.4 is 15.5 Å². The van der Waals surface area contributed by atoms with E-state index in [0.717, 1.165) is 19.4 Å². The summed E-state index contributed by atoms with van der Waals surface area (Å²) in [6.07, 6.45) is 3.49. The predicted molar refractivity (Wildman–Crippen MR) is 108 cm³/mol. The van der Waals surface area contributed by atoms with Crippen LogP contribution in [0.1, 0.15) is 24.8 Å². The molecule has 2 heterocycles. The van der Waals surface area contributed by atoms with Crippen molar-refractivity contribution in [1.82, 2.24) is 15.5 Å². The fourth-order valence-corrected chi connectivity index (χ4v) is 4.20. The maximum Gasteiger partial charge on any atom is 0.241 e. The third-order valence-corrected chi connectivity index (χ3v) is 5.86. The lowest BCUT2D eigenvalue weighted by atomic mass is 9.99. The Morgan fingerprint density at radius 1 is 1.38 bits per heavy atom. The number of hydrogen-bond donors (Lipinski definition) is 2. The molecule has 7 nitrogen and oxygen atoms in total. The molecular formula is C21H28FN5O2. The number of fused-ring (bicyclic) bond motifs is 2. The van der Waals surface area contributed by atoms with Crippen LogP contribution in [0, 0.1) is 30.0 Å². The van der Waals surface area contributed by atoms with Crippen LogP contribution in [0.15, 0.2) is 18.2 Å². The maximum absolute atomic E-state index is 13.4. The largest absolute Gasteiger partial charge is 0.342 e. The van der Waals surface area contributed by atoms with E-state index in [-0.39, 0.29) is 30.2 Å². The standard InChI is InChI=1S/C12H15FN2O.C9H13N3O/c1-9-3-4-10(7-11(9)13)15-6-5-14(2)8-12(15)16;10-3-4-11-9(13)8-6-1-2-7(5-6)12-8/h3-4,7H,5-6,8H2,1-2H3;6-8,12H,1-2,4-5H2,(H,11,13)/t;6?,7-,8+/m.1/s1. The van der Waals surface area contributed by atoms with Crippen molar-refractivity contribution < 1.29 is 14.0 Å². The van der Waals surface area contributed by atoms with Gasteiger partial charge < -0.3 is 15.5 Å². The van der Waals surface area contributed by atoms with E-state index in [9.17, 15) is 14.0 Å². The van der Waals surface area contributed by atoms with E-state index in [4.69, 9.17) is 5.26 Å². The number of nitrogens with zero attached hydrogens (tertiary/aromatic N) is 3. The third-order valence-electron chi connectivity index (χ3n) is 5.86. The summed E-state index contributed by atoms with van der Waals surface area (Å²) in [7, 11) is 1.91. The average Bonchev–Trinajstić information content (AvgIpc) is 3.33. The van der Waals surface area contributed by atoms with E-state index in [1.54, 1.807) is 24.0 Å². The topological polar surface area (TPSA) is 88.5 Å². The molecule has 29 heavy (non-hydrogen) atoms. The van der Waals surface area contributed by atoms with Crippen LogP contribution in [-0.4, -0.2) is 62.0 Å². The molecule has 2 N–H and O–H groups in total. The Bertz CT molecular complexity index is 809. The number of carbonyl (C=O) groups excluding carboxylic acids is 2. The smallest absolute Gasteiger partial charge is 0.241 e. The highest BCUT2D eigenvalue weighted by molar-refractivity contribution is 5.95. The quantitative estimate of drug-likeness (QED) is 0.743. The highest BCUT2D eigenvalue weighted by Crippen LogP contribution is 2.35. The molecule has 1 unspecified atom stereocenters. The van der Waals surface area contributed by atoms with Gasteiger partial charge in [0.2, 0.25) is 11.8 Å². The summed E-state index contributed by atoms with van der Waals surface area (Å²) in [5, 5.41) is 14.2. The lowest BCUT2D eigenvalue weighted by Crippen LogP contribution is -2.48. The summed E-state index contributed by atoms with van der Waals surface area (Å²) in [6.45, 7) is 3.67. The summed E-state index contributed by atoms with van der Waals surface area (Å²) in [5.74, 6) is 0.263. The molecule has 3 atom stereocenters. The normalized spacial score (nSPS) is 25.9. The molecule has 2 saturated heterocycles. The summed E-state index contributed by atoms with van der Waals surface area (Å²) < 4.78 is 13.4. The van der Waals surface area contributed by atoms with Crippen molar-refractivity contribution in [1.29, 1.82) is 5.26 Å². The van der Waals surface area contributed by atoms with Gasteiger partial charge in [0.25, 0.3) is 0 Å². The van der Waals surface area contributed by atoms with Gasteiger partial charge in [-0.3, -0.25) is 14.5 Å². The molecule has 0 radical (unpaired) electrons. The highest BCUT2D eigenvalue weighted by Gasteiger charge is 2.42. The SMILES string of the molecule is Cc1ccc(N2CCN(C)CC2=O)cc1F.N#CCNC(=O)[C@H]1N[C@@H]2CCC1C2. The number of piperidine rings is 1. The molecule has 0 spiro atoms. The van der Waals surface area contributed by atoms with Crippen LogP contribution in [0.25, 0.3) is 0 Å². The van der Waals surface area contributed by atoms with E-state index in [1.165, 1.54) is 12.5 Å². The molecular weight excluding hydrogens is 373 g/mol. The second-order valence-corrected chi connectivity index (χ2v) is 8.01. The zero-order chi connectivity index (χ0) is 21.0. The number of hydrogen-bond acceptors (Lipinski definition) is 5. The van der Waals surface area contributed by atoms with Gasteiger partial charge in [-0.1, -0.05) is 6.07 Å². The van der Waals surface area contributed by atoms with Crippen LogP contribution >= 0.6 is 0 Å². The zero-order valence-corrected chi connectivity index (χ0v) is 16.9. The van der Waals surface area contributed by atoms with Crippen LogP contribution in [0.4, 0.5) is 10.1 Å². The average molecular weight is 401 g/mol. The maximum atomic E-state index is 13.4. The summed E-state index contributed by atoms with van der Waals surface area (Å²) in [4.78, 5) is 26.8. The van der Waals surface area contributed by atoms with Gasteiger partial charge in [0.05, 0.1) is 18.7 Å². The molecule has 0 aromatic heterocycles. The van der Waals surface area contributed by atoms with E-state index in [1.807, 2.05) is 18.0 Å². The van der Waals surface area contributed by atoms with E-state index in [0.29, 0.717) is 36.3 Å². The molecule has 2 aliphatic heterocycles. The number of anilines is 1. The highest BCUT2D eigenvalue weighted by atomic mass is 19.1. The molecule has 3 fully saturated rings. The Labute approximate surface area is 170 Å². The number of halogens is 1.